The van der Waals surface area contributed by atoms with E-state index in [-0.39, 0.29) is 31.4 Å². The highest BCUT2D eigenvalue weighted by Gasteiger charge is 2.08. The molecule has 0 aliphatic carbocycles. The molecule has 1 aromatic carbocycles. The van der Waals surface area contributed by atoms with Crippen LogP contribution in [0.25, 0.3) is 0 Å². The van der Waals surface area contributed by atoms with Gasteiger partial charge >= 0.3 is 11.9 Å². The summed E-state index contributed by atoms with van der Waals surface area (Å²) in [6.07, 6.45) is 9.33. The van der Waals surface area contributed by atoms with Gasteiger partial charge in [-0.15, -0.1) is 0 Å². The minimum Gasteiger partial charge on any atom is -0.466 e. The predicted molar refractivity (Wildman–Crippen MR) is 107 cm³/mol. The van der Waals surface area contributed by atoms with Gasteiger partial charge in [0, 0.05) is 22.9 Å². The van der Waals surface area contributed by atoms with Crippen LogP contribution in [0.3, 0.4) is 0 Å². The average Bonchev–Trinajstić information content (AvgIpc) is 2.63. The molecule has 0 fully saturated rings. The van der Waals surface area contributed by atoms with Crippen molar-refractivity contribution < 1.29 is 19.1 Å². The number of esters is 2. The van der Waals surface area contributed by atoms with Crippen LogP contribution in [-0.2, 0) is 25.7 Å². The smallest absolute Gasteiger partial charge is 0.306 e. The van der Waals surface area contributed by atoms with Gasteiger partial charge < -0.3 is 9.47 Å². The summed E-state index contributed by atoms with van der Waals surface area (Å²) in [6, 6.07) is 7.62. The van der Waals surface area contributed by atoms with E-state index in [0.29, 0.717) is 13.0 Å². The molecule has 0 atom stereocenters. The number of ether oxygens (including phenoxy) is 2. The van der Waals surface area contributed by atoms with E-state index in [1.54, 1.807) is 0 Å². The Balaban J connectivity index is 1.98. The average molecular weight is 427 g/mol. The van der Waals surface area contributed by atoms with E-state index in [1.165, 1.54) is 32.1 Å². The number of unbranched alkanes of at least 4 members (excludes halogenated alkanes) is 6. The lowest BCUT2D eigenvalue weighted by molar-refractivity contribution is -0.146. The Morgan fingerprint density at radius 1 is 0.846 bits per heavy atom. The Morgan fingerprint density at radius 3 is 2.15 bits per heavy atom. The van der Waals surface area contributed by atoms with Crippen LogP contribution in [0.1, 0.15) is 76.7 Å². The zero-order valence-corrected chi connectivity index (χ0v) is 17.4. The van der Waals surface area contributed by atoms with Crippen molar-refractivity contribution in [1.29, 1.82) is 0 Å². The first-order chi connectivity index (χ1) is 12.6. The SMILES string of the molecule is CCCCCCCCCOC(=O)CCCC(=O)OCc1ccccc1Br. The fraction of sp³-hybridized carbons (Fsp3) is 0.619. The molecule has 4 nitrogen and oxygen atoms in total. The molecule has 1 aromatic rings. The first-order valence-corrected chi connectivity index (χ1v) is 10.5. The topological polar surface area (TPSA) is 52.6 Å². The van der Waals surface area contributed by atoms with Gasteiger partial charge in [-0.3, -0.25) is 9.59 Å². The van der Waals surface area contributed by atoms with Crippen LogP contribution in [0.15, 0.2) is 28.7 Å². The first-order valence-electron chi connectivity index (χ1n) is 9.68. The molecule has 0 heterocycles. The Labute approximate surface area is 165 Å². The third-order valence-electron chi connectivity index (χ3n) is 4.12. The molecule has 0 aromatic heterocycles. The largest absolute Gasteiger partial charge is 0.466 e. The van der Waals surface area contributed by atoms with Gasteiger partial charge in [-0.05, 0) is 18.9 Å². The first kappa shape index (κ1) is 22.7. The summed E-state index contributed by atoms with van der Waals surface area (Å²) >= 11 is 3.42. The lowest BCUT2D eigenvalue weighted by Crippen LogP contribution is -2.09. The standard InChI is InChI=1S/C21H31BrO4/c1-2-3-4-5-6-7-10-16-25-20(23)14-11-15-21(24)26-17-18-12-8-9-13-19(18)22/h8-9,12-13H,2-7,10-11,14-17H2,1H3. The molecule has 0 N–H and O–H groups in total. The Morgan fingerprint density at radius 2 is 1.46 bits per heavy atom. The number of benzene rings is 1. The highest BCUT2D eigenvalue weighted by molar-refractivity contribution is 9.10. The van der Waals surface area contributed by atoms with Gasteiger partial charge in [-0.2, -0.15) is 0 Å². The van der Waals surface area contributed by atoms with Gasteiger partial charge in [-0.1, -0.05) is 79.6 Å². The molecule has 146 valence electrons. The molecule has 5 heteroatoms. The summed E-state index contributed by atoms with van der Waals surface area (Å²) in [7, 11) is 0. The van der Waals surface area contributed by atoms with Crippen LogP contribution in [0, 0.1) is 0 Å². The fourth-order valence-electron chi connectivity index (χ4n) is 2.54. The lowest BCUT2D eigenvalue weighted by Gasteiger charge is -2.07. The molecule has 0 aliphatic heterocycles. The predicted octanol–water partition coefficient (Wildman–Crippen LogP) is 5.96. The van der Waals surface area contributed by atoms with E-state index in [2.05, 4.69) is 22.9 Å². The zero-order valence-electron chi connectivity index (χ0n) is 15.8. The van der Waals surface area contributed by atoms with Crippen molar-refractivity contribution in [2.45, 2.75) is 77.7 Å². The molecular weight excluding hydrogens is 396 g/mol. The molecule has 0 amide bonds. The molecule has 0 bridgehead atoms. The third kappa shape index (κ3) is 11.3. The van der Waals surface area contributed by atoms with Gasteiger partial charge in [0.15, 0.2) is 0 Å². The normalized spacial score (nSPS) is 10.5. The minimum atomic E-state index is -0.291. The van der Waals surface area contributed by atoms with Gasteiger partial charge in [-0.25, -0.2) is 0 Å². The number of carbonyl (C=O) groups is 2. The van der Waals surface area contributed by atoms with E-state index in [0.717, 1.165) is 22.9 Å². The van der Waals surface area contributed by atoms with E-state index in [1.807, 2.05) is 24.3 Å². The maximum Gasteiger partial charge on any atom is 0.306 e. The van der Waals surface area contributed by atoms with Crippen molar-refractivity contribution in [1.82, 2.24) is 0 Å². The van der Waals surface area contributed by atoms with E-state index >= 15 is 0 Å². The summed E-state index contributed by atoms with van der Waals surface area (Å²) in [6.45, 7) is 2.93. The summed E-state index contributed by atoms with van der Waals surface area (Å²) < 4.78 is 11.3. The third-order valence-corrected chi connectivity index (χ3v) is 4.89. The van der Waals surface area contributed by atoms with Crippen LogP contribution >= 0.6 is 15.9 Å². The Hall–Kier alpha value is -1.36. The minimum absolute atomic E-state index is 0.227. The summed E-state index contributed by atoms with van der Waals surface area (Å²) in [5.74, 6) is -0.518. The Bertz CT molecular complexity index is 530. The zero-order chi connectivity index (χ0) is 19.0. The molecule has 1 rings (SSSR count). The summed E-state index contributed by atoms with van der Waals surface area (Å²) in [5, 5.41) is 0. The van der Waals surface area contributed by atoms with Gasteiger partial charge in [0.1, 0.15) is 6.61 Å². The van der Waals surface area contributed by atoms with Gasteiger partial charge in [0.25, 0.3) is 0 Å². The van der Waals surface area contributed by atoms with Crippen LogP contribution in [0.4, 0.5) is 0 Å². The van der Waals surface area contributed by atoms with Gasteiger partial charge in [0.2, 0.25) is 0 Å². The molecule has 0 saturated carbocycles. The number of rotatable bonds is 14. The monoisotopic (exact) mass is 426 g/mol. The molecule has 0 radical (unpaired) electrons. The molecule has 0 aliphatic rings. The fourth-order valence-corrected chi connectivity index (χ4v) is 2.94. The molecule has 26 heavy (non-hydrogen) atoms. The second-order valence-electron chi connectivity index (χ2n) is 6.45. The van der Waals surface area contributed by atoms with Crippen molar-refractivity contribution in [2.75, 3.05) is 6.61 Å². The highest BCUT2D eigenvalue weighted by Crippen LogP contribution is 2.17. The number of halogens is 1. The van der Waals surface area contributed by atoms with E-state index in [4.69, 9.17) is 9.47 Å². The van der Waals surface area contributed by atoms with Gasteiger partial charge in [0.05, 0.1) is 6.61 Å². The summed E-state index contributed by atoms with van der Waals surface area (Å²) in [4.78, 5) is 23.4. The number of carbonyl (C=O) groups excluding carboxylic acids is 2. The van der Waals surface area contributed by atoms with Crippen molar-refractivity contribution in [3.05, 3.63) is 34.3 Å². The molecule has 0 saturated heterocycles. The van der Waals surface area contributed by atoms with E-state index in [9.17, 15) is 9.59 Å². The van der Waals surface area contributed by atoms with Crippen LogP contribution < -0.4 is 0 Å². The van der Waals surface area contributed by atoms with E-state index < -0.39 is 0 Å². The van der Waals surface area contributed by atoms with Crippen LogP contribution in [0.2, 0.25) is 0 Å². The van der Waals surface area contributed by atoms with Crippen LogP contribution in [0.5, 0.6) is 0 Å². The van der Waals surface area contributed by atoms with Crippen molar-refractivity contribution >= 4 is 27.9 Å². The van der Waals surface area contributed by atoms with Crippen molar-refractivity contribution in [3.8, 4) is 0 Å². The quantitative estimate of drug-likeness (QED) is 0.272. The second kappa shape index (κ2) is 14.8. The molecule has 0 spiro atoms. The number of hydrogen-bond donors (Lipinski definition) is 0. The lowest BCUT2D eigenvalue weighted by atomic mass is 10.1. The number of hydrogen-bond acceptors (Lipinski definition) is 4. The highest BCUT2D eigenvalue weighted by atomic mass is 79.9. The molecule has 0 unspecified atom stereocenters. The van der Waals surface area contributed by atoms with Crippen LogP contribution in [-0.4, -0.2) is 18.5 Å². The van der Waals surface area contributed by atoms with Crippen molar-refractivity contribution in [3.63, 3.8) is 0 Å². The maximum absolute atomic E-state index is 11.7. The second-order valence-corrected chi connectivity index (χ2v) is 7.30. The molecular formula is C21H31BrO4. The maximum atomic E-state index is 11.7. The van der Waals surface area contributed by atoms with Crippen molar-refractivity contribution in [2.24, 2.45) is 0 Å². The summed E-state index contributed by atoms with van der Waals surface area (Å²) in [5.41, 5.74) is 0.926. The Kier molecular flexibility index (Phi) is 12.9.